The Morgan fingerprint density at radius 2 is 2.28 bits per heavy atom. The number of carbonyl (C=O) groups is 3. The number of thioether (sulfide) groups is 1. The molecule has 1 aromatic heterocycles. The lowest BCUT2D eigenvalue weighted by molar-refractivity contribution is -0.125. The molecule has 0 radical (unpaired) electrons. The van der Waals surface area contributed by atoms with E-state index >= 15 is 0 Å². The van der Waals surface area contributed by atoms with Crippen LogP contribution in [-0.2, 0) is 11.3 Å². The van der Waals surface area contributed by atoms with Gasteiger partial charge in [-0.2, -0.15) is 0 Å². The predicted octanol–water partition coefficient (Wildman–Crippen LogP) is -0.120. The number of hydrazine groups is 1. The van der Waals surface area contributed by atoms with Crippen LogP contribution >= 0.6 is 11.8 Å². The van der Waals surface area contributed by atoms with Gasteiger partial charge in [0.05, 0.1) is 18.0 Å². The van der Waals surface area contributed by atoms with Crippen LogP contribution in [0.3, 0.4) is 0 Å². The molecule has 7 nitrogen and oxygen atoms in total. The molecule has 1 aromatic rings. The Morgan fingerprint density at radius 1 is 1.50 bits per heavy atom. The summed E-state index contributed by atoms with van der Waals surface area (Å²) < 4.78 is 0. The van der Waals surface area contributed by atoms with Crippen molar-refractivity contribution in [3.05, 3.63) is 29.6 Å². The van der Waals surface area contributed by atoms with E-state index in [0.29, 0.717) is 5.69 Å². The molecule has 1 fully saturated rings. The first-order valence-corrected chi connectivity index (χ1v) is 6.04. The molecular formula is C10H10N4O3S. The summed E-state index contributed by atoms with van der Waals surface area (Å²) in [7, 11) is 0. The van der Waals surface area contributed by atoms with E-state index < -0.39 is 5.91 Å². The van der Waals surface area contributed by atoms with Gasteiger partial charge in [0.25, 0.3) is 11.1 Å². The standard InChI is InChI=1S/C10H10N4O3S/c11-13-9(16)7-3-1-2-6(12-7)4-14-8(15)5-18-10(14)17/h1-3H,4-5,11H2,(H,13,16). The van der Waals surface area contributed by atoms with Crippen LogP contribution in [-0.4, -0.2) is 32.7 Å². The van der Waals surface area contributed by atoms with Gasteiger partial charge in [-0.15, -0.1) is 0 Å². The highest BCUT2D eigenvalue weighted by molar-refractivity contribution is 8.14. The fraction of sp³-hybridized carbons (Fsp3) is 0.200. The van der Waals surface area contributed by atoms with Crippen molar-refractivity contribution in [1.82, 2.24) is 15.3 Å². The number of rotatable bonds is 3. The molecule has 2 rings (SSSR count). The topological polar surface area (TPSA) is 105 Å². The Labute approximate surface area is 107 Å². The molecule has 0 saturated carbocycles. The van der Waals surface area contributed by atoms with Gasteiger partial charge in [-0.1, -0.05) is 17.8 Å². The number of aromatic nitrogens is 1. The average Bonchev–Trinajstić information content (AvgIpc) is 2.70. The number of nitrogen functional groups attached to an aromatic ring is 1. The first kappa shape index (κ1) is 12.5. The van der Waals surface area contributed by atoms with E-state index in [0.717, 1.165) is 16.7 Å². The van der Waals surface area contributed by atoms with Gasteiger partial charge in [0.1, 0.15) is 5.69 Å². The van der Waals surface area contributed by atoms with Gasteiger partial charge in [0.2, 0.25) is 5.91 Å². The lowest BCUT2D eigenvalue weighted by Crippen LogP contribution is -2.32. The highest BCUT2D eigenvalue weighted by atomic mass is 32.2. The zero-order valence-corrected chi connectivity index (χ0v) is 10.1. The van der Waals surface area contributed by atoms with Crippen molar-refractivity contribution >= 4 is 28.8 Å². The summed E-state index contributed by atoms with van der Waals surface area (Å²) in [6.45, 7) is 0.0658. The Balaban J connectivity index is 2.17. The summed E-state index contributed by atoms with van der Waals surface area (Å²) in [6, 6.07) is 4.75. The quantitative estimate of drug-likeness (QED) is 0.449. The smallest absolute Gasteiger partial charge is 0.289 e. The molecule has 8 heteroatoms. The molecule has 0 aliphatic carbocycles. The van der Waals surface area contributed by atoms with Crippen molar-refractivity contribution in [1.29, 1.82) is 0 Å². The SMILES string of the molecule is NNC(=O)c1cccc(CN2C(=O)CSC2=O)n1. The maximum Gasteiger partial charge on any atom is 0.289 e. The van der Waals surface area contributed by atoms with E-state index in [4.69, 9.17) is 5.84 Å². The highest BCUT2D eigenvalue weighted by Crippen LogP contribution is 2.20. The highest BCUT2D eigenvalue weighted by Gasteiger charge is 2.30. The van der Waals surface area contributed by atoms with Gasteiger partial charge in [-0.3, -0.25) is 24.7 Å². The monoisotopic (exact) mass is 266 g/mol. The van der Waals surface area contributed by atoms with Crippen molar-refractivity contribution in [2.75, 3.05) is 5.75 Å². The number of amides is 3. The molecule has 3 amide bonds. The fourth-order valence-electron chi connectivity index (χ4n) is 1.46. The van der Waals surface area contributed by atoms with Crippen LogP contribution in [0.25, 0.3) is 0 Å². The third kappa shape index (κ3) is 2.49. The van der Waals surface area contributed by atoms with Crippen molar-refractivity contribution in [2.24, 2.45) is 5.84 Å². The third-order valence-electron chi connectivity index (χ3n) is 2.33. The minimum Gasteiger partial charge on any atom is -0.289 e. The van der Waals surface area contributed by atoms with Gasteiger partial charge in [0.15, 0.2) is 0 Å². The lowest BCUT2D eigenvalue weighted by Gasteiger charge is -2.12. The van der Waals surface area contributed by atoms with Crippen LogP contribution < -0.4 is 11.3 Å². The van der Waals surface area contributed by atoms with Gasteiger partial charge in [-0.25, -0.2) is 10.8 Å². The number of pyridine rings is 1. The van der Waals surface area contributed by atoms with Crippen LogP contribution in [0.15, 0.2) is 18.2 Å². The molecular weight excluding hydrogens is 256 g/mol. The Bertz CT molecular complexity index is 504. The van der Waals surface area contributed by atoms with Crippen molar-refractivity contribution in [2.45, 2.75) is 6.54 Å². The van der Waals surface area contributed by atoms with Gasteiger partial charge in [-0.05, 0) is 12.1 Å². The number of nitrogens with zero attached hydrogens (tertiary/aromatic N) is 2. The van der Waals surface area contributed by atoms with Crippen molar-refractivity contribution in [3.8, 4) is 0 Å². The summed E-state index contributed by atoms with van der Waals surface area (Å²) in [6.07, 6.45) is 0. The number of hydrogen-bond acceptors (Lipinski definition) is 6. The maximum atomic E-state index is 11.4. The van der Waals surface area contributed by atoms with E-state index in [-0.39, 0.29) is 29.1 Å². The normalized spacial score (nSPS) is 15.1. The van der Waals surface area contributed by atoms with Gasteiger partial charge in [0, 0.05) is 0 Å². The van der Waals surface area contributed by atoms with Crippen LogP contribution in [0, 0.1) is 0 Å². The molecule has 0 aromatic carbocycles. The van der Waals surface area contributed by atoms with Gasteiger partial charge >= 0.3 is 0 Å². The summed E-state index contributed by atoms with van der Waals surface area (Å²) in [5, 5.41) is -0.296. The zero-order chi connectivity index (χ0) is 13.1. The summed E-state index contributed by atoms with van der Waals surface area (Å²) in [5.74, 6) is 4.38. The average molecular weight is 266 g/mol. The molecule has 0 bridgehead atoms. The fourth-order valence-corrected chi connectivity index (χ4v) is 2.19. The summed E-state index contributed by atoms with van der Waals surface area (Å²) in [5.41, 5.74) is 2.57. The second-order valence-corrected chi connectivity index (χ2v) is 4.45. The van der Waals surface area contributed by atoms with Gasteiger partial charge < -0.3 is 0 Å². The number of carbonyl (C=O) groups excluding carboxylic acids is 3. The molecule has 2 heterocycles. The van der Waals surface area contributed by atoms with E-state index in [1.165, 1.54) is 6.07 Å². The molecule has 3 N–H and O–H groups in total. The van der Waals surface area contributed by atoms with Crippen molar-refractivity contribution in [3.63, 3.8) is 0 Å². The van der Waals surface area contributed by atoms with E-state index in [2.05, 4.69) is 4.98 Å². The third-order valence-corrected chi connectivity index (χ3v) is 3.19. The maximum absolute atomic E-state index is 11.4. The lowest BCUT2D eigenvalue weighted by atomic mass is 10.3. The molecule has 1 aliphatic heterocycles. The number of imide groups is 1. The van der Waals surface area contributed by atoms with E-state index in [1.807, 2.05) is 5.43 Å². The Hall–Kier alpha value is -1.93. The molecule has 18 heavy (non-hydrogen) atoms. The molecule has 94 valence electrons. The number of hydrogen-bond donors (Lipinski definition) is 2. The first-order valence-electron chi connectivity index (χ1n) is 5.06. The Morgan fingerprint density at radius 3 is 2.89 bits per heavy atom. The second kappa shape index (κ2) is 5.15. The molecule has 0 unspecified atom stereocenters. The van der Waals surface area contributed by atoms with Crippen molar-refractivity contribution < 1.29 is 14.4 Å². The van der Waals surface area contributed by atoms with Crippen LogP contribution in [0.2, 0.25) is 0 Å². The largest absolute Gasteiger partial charge is 0.289 e. The minimum absolute atomic E-state index is 0.0658. The van der Waals surface area contributed by atoms with E-state index in [9.17, 15) is 14.4 Å². The summed E-state index contributed by atoms with van der Waals surface area (Å²) in [4.78, 5) is 39.2. The molecule has 1 saturated heterocycles. The molecule has 0 spiro atoms. The second-order valence-electron chi connectivity index (χ2n) is 3.52. The van der Waals surface area contributed by atoms with Crippen LogP contribution in [0.5, 0.6) is 0 Å². The number of nitrogens with two attached hydrogens (primary N) is 1. The van der Waals surface area contributed by atoms with Crippen LogP contribution in [0.1, 0.15) is 16.2 Å². The first-order chi connectivity index (χ1) is 8.61. The molecule has 1 aliphatic rings. The number of nitrogens with one attached hydrogen (secondary N) is 1. The minimum atomic E-state index is -0.523. The van der Waals surface area contributed by atoms with E-state index in [1.54, 1.807) is 12.1 Å². The summed E-state index contributed by atoms with van der Waals surface area (Å²) >= 11 is 0.958. The Kier molecular flexibility index (Phi) is 3.58. The zero-order valence-electron chi connectivity index (χ0n) is 9.25. The predicted molar refractivity (Wildman–Crippen MR) is 64.3 cm³/mol. The van der Waals surface area contributed by atoms with Crippen LogP contribution in [0.4, 0.5) is 4.79 Å². The molecule has 0 atom stereocenters.